The van der Waals surface area contributed by atoms with Gasteiger partial charge < -0.3 is 13.9 Å². The molecule has 3 rings (SSSR count). The van der Waals surface area contributed by atoms with E-state index in [1.54, 1.807) is 14.2 Å². The minimum absolute atomic E-state index is 0.129. The molecule has 0 bridgehead atoms. The third kappa shape index (κ3) is 2.36. The Morgan fingerprint density at radius 3 is 2.17 bits per heavy atom. The molecule has 4 nitrogen and oxygen atoms in total. The Morgan fingerprint density at radius 1 is 0.913 bits per heavy atom. The highest BCUT2D eigenvalue weighted by Crippen LogP contribution is 2.39. The first kappa shape index (κ1) is 15.2. The lowest BCUT2D eigenvalue weighted by Gasteiger charge is -2.16. The fourth-order valence-electron chi connectivity index (χ4n) is 2.95. The lowest BCUT2D eigenvalue weighted by molar-refractivity contribution is 0.388. The third-order valence-corrected chi connectivity index (χ3v) is 4.00. The molecule has 23 heavy (non-hydrogen) atoms. The van der Waals surface area contributed by atoms with Crippen LogP contribution in [0.4, 0.5) is 0 Å². The van der Waals surface area contributed by atoms with E-state index in [1.807, 2.05) is 44.2 Å². The molecule has 0 fully saturated rings. The molecule has 0 atom stereocenters. The molecule has 3 aromatic rings. The molecule has 0 saturated carbocycles. The van der Waals surface area contributed by atoms with Gasteiger partial charge in [0.05, 0.1) is 14.2 Å². The van der Waals surface area contributed by atoms with E-state index >= 15 is 0 Å². The lowest BCUT2D eigenvalue weighted by Crippen LogP contribution is -2.06. The summed E-state index contributed by atoms with van der Waals surface area (Å²) in [5, 5.41) is 0.447. The van der Waals surface area contributed by atoms with Crippen LogP contribution in [0.15, 0.2) is 45.6 Å². The molecule has 1 heterocycles. The largest absolute Gasteiger partial charge is 0.496 e. The Bertz CT molecular complexity index is 924. The topological polar surface area (TPSA) is 48.7 Å². The minimum atomic E-state index is -0.129. The highest BCUT2D eigenvalue weighted by Gasteiger charge is 2.20. The van der Waals surface area contributed by atoms with Crippen molar-refractivity contribution in [1.29, 1.82) is 0 Å². The van der Waals surface area contributed by atoms with Crippen molar-refractivity contribution in [2.24, 2.45) is 0 Å². The van der Waals surface area contributed by atoms with E-state index in [-0.39, 0.29) is 5.43 Å². The average Bonchev–Trinajstić information content (AvgIpc) is 2.57. The summed E-state index contributed by atoms with van der Waals surface area (Å²) < 4.78 is 17.0. The van der Waals surface area contributed by atoms with Gasteiger partial charge in [-0.1, -0.05) is 30.3 Å². The van der Waals surface area contributed by atoms with Crippen molar-refractivity contribution < 1.29 is 13.9 Å². The van der Waals surface area contributed by atoms with Crippen LogP contribution in [0.1, 0.15) is 11.1 Å². The maximum absolute atomic E-state index is 12.7. The third-order valence-electron chi connectivity index (χ3n) is 4.00. The van der Waals surface area contributed by atoms with Crippen molar-refractivity contribution in [3.05, 3.63) is 57.7 Å². The molecule has 2 aromatic carbocycles. The van der Waals surface area contributed by atoms with E-state index in [0.29, 0.717) is 28.2 Å². The number of fused-ring (bicyclic) bond motifs is 1. The van der Waals surface area contributed by atoms with Gasteiger partial charge in [0.2, 0.25) is 0 Å². The SMILES string of the molecule is COc1c(C)c(OC)c2c(=O)cc(-c3ccccc3)oc2c1C. The van der Waals surface area contributed by atoms with Crippen LogP contribution in [0, 0.1) is 13.8 Å². The van der Waals surface area contributed by atoms with Crippen molar-refractivity contribution in [2.75, 3.05) is 14.2 Å². The standard InChI is InChI=1S/C19H18O4/c1-11-17(21-3)12(2)19-16(18(11)22-4)14(20)10-15(23-19)13-8-6-5-7-9-13/h5-10H,1-4H3. The highest BCUT2D eigenvalue weighted by molar-refractivity contribution is 5.91. The number of methoxy groups -OCH3 is 2. The van der Waals surface area contributed by atoms with Crippen molar-refractivity contribution >= 4 is 11.0 Å². The van der Waals surface area contributed by atoms with Crippen LogP contribution >= 0.6 is 0 Å². The van der Waals surface area contributed by atoms with E-state index in [9.17, 15) is 4.79 Å². The molecule has 0 aliphatic rings. The fraction of sp³-hybridized carbons (Fsp3) is 0.211. The molecule has 0 amide bonds. The molecule has 0 N–H and O–H groups in total. The fourth-order valence-corrected chi connectivity index (χ4v) is 2.95. The summed E-state index contributed by atoms with van der Waals surface area (Å²) in [6.07, 6.45) is 0. The summed E-state index contributed by atoms with van der Waals surface area (Å²) in [5.74, 6) is 1.69. The number of hydrogen-bond acceptors (Lipinski definition) is 4. The van der Waals surface area contributed by atoms with Gasteiger partial charge in [-0.15, -0.1) is 0 Å². The molecular formula is C19H18O4. The monoisotopic (exact) mass is 310 g/mol. The van der Waals surface area contributed by atoms with E-state index in [1.165, 1.54) is 6.07 Å². The maximum atomic E-state index is 12.7. The first-order chi connectivity index (χ1) is 11.1. The van der Waals surface area contributed by atoms with Gasteiger partial charge in [0.25, 0.3) is 0 Å². The number of rotatable bonds is 3. The minimum Gasteiger partial charge on any atom is -0.496 e. The van der Waals surface area contributed by atoms with Crippen LogP contribution in [-0.2, 0) is 0 Å². The second kappa shape index (κ2) is 5.80. The van der Waals surface area contributed by atoms with Crippen LogP contribution in [0.3, 0.4) is 0 Å². The smallest absolute Gasteiger partial charge is 0.197 e. The molecule has 0 spiro atoms. The zero-order chi connectivity index (χ0) is 16.6. The molecule has 118 valence electrons. The first-order valence-corrected chi connectivity index (χ1v) is 7.33. The highest BCUT2D eigenvalue weighted by atomic mass is 16.5. The zero-order valence-electron chi connectivity index (χ0n) is 13.6. The molecule has 1 aromatic heterocycles. The van der Waals surface area contributed by atoms with Gasteiger partial charge in [-0.3, -0.25) is 4.79 Å². The molecule has 0 aliphatic heterocycles. The van der Waals surface area contributed by atoms with Gasteiger partial charge in [-0.25, -0.2) is 0 Å². The van der Waals surface area contributed by atoms with Crippen molar-refractivity contribution in [3.8, 4) is 22.8 Å². The van der Waals surface area contributed by atoms with E-state index < -0.39 is 0 Å². The Morgan fingerprint density at radius 2 is 1.57 bits per heavy atom. The zero-order valence-corrected chi connectivity index (χ0v) is 13.6. The molecule has 4 heteroatoms. The Hall–Kier alpha value is -2.75. The Kier molecular flexibility index (Phi) is 3.82. The van der Waals surface area contributed by atoms with Crippen LogP contribution in [0.25, 0.3) is 22.3 Å². The van der Waals surface area contributed by atoms with Gasteiger partial charge >= 0.3 is 0 Å². The van der Waals surface area contributed by atoms with Gasteiger partial charge in [0.15, 0.2) is 5.43 Å². The second-order valence-electron chi connectivity index (χ2n) is 5.36. The average molecular weight is 310 g/mol. The van der Waals surface area contributed by atoms with Gasteiger partial charge in [-0.2, -0.15) is 0 Å². The lowest BCUT2D eigenvalue weighted by atomic mass is 10.0. The van der Waals surface area contributed by atoms with Gasteiger partial charge in [0.1, 0.15) is 28.2 Å². The summed E-state index contributed by atoms with van der Waals surface area (Å²) in [5.41, 5.74) is 2.80. The van der Waals surface area contributed by atoms with Crippen molar-refractivity contribution in [2.45, 2.75) is 13.8 Å². The van der Waals surface area contributed by atoms with Crippen LogP contribution in [0.2, 0.25) is 0 Å². The quantitative estimate of drug-likeness (QED) is 0.731. The van der Waals surface area contributed by atoms with Crippen LogP contribution < -0.4 is 14.9 Å². The molecule has 0 radical (unpaired) electrons. The number of hydrogen-bond donors (Lipinski definition) is 0. The number of benzene rings is 2. The van der Waals surface area contributed by atoms with Crippen LogP contribution in [-0.4, -0.2) is 14.2 Å². The molecule has 0 saturated heterocycles. The molecule has 0 unspecified atom stereocenters. The normalized spacial score (nSPS) is 10.8. The van der Waals surface area contributed by atoms with Crippen molar-refractivity contribution in [3.63, 3.8) is 0 Å². The summed E-state index contributed by atoms with van der Waals surface area (Å²) in [6.45, 7) is 3.75. The number of aryl methyl sites for hydroxylation is 1. The first-order valence-electron chi connectivity index (χ1n) is 7.33. The van der Waals surface area contributed by atoms with E-state index in [2.05, 4.69) is 0 Å². The van der Waals surface area contributed by atoms with Crippen LogP contribution in [0.5, 0.6) is 11.5 Å². The second-order valence-corrected chi connectivity index (χ2v) is 5.36. The van der Waals surface area contributed by atoms with Crippen molar-refractivity contribution in [1.82, 2.24) is 0 Å². The Labute approximate surface area is 134 Å². The Balaban J connectivity index is 2.43. The predicted octanol–water partition coefficient (Wildman–Crippen LogP) is 4.09. The van der Waals surface area contributed by atoms with Gasteiger partial charge in [-0.05, 0) is 13.8 Å². The van der Waals surface area contributed by atoms with E-state index in [4.69, 9.17) is 13.9 Å². The summed E-state index contributed by atoms with van der Waals surface area (Å²) in [7, 11) is 3.14. The van der Waals surface area contributed by atoms with Gasteiger partial charge in [0, 0.05) is 22.8 Å². The summed E-state index contributed by atoms with van der Waals surface area (Å²) in [4.78, 5) is 12.7. The summed E-state index contributed by atoms with van der Waals surface area (Å²) in [6, 6.07) is 11.0. The maximum Gasteiger partial charge on any atom is 0.197 e. The molecular weight excluding hydrogens is 292 g/mol. The van der Waals surface area contributed by atoms with E-state index in [0.717, 1.165) is 16.7 Å². The molecule has 0 aliphatic carbocycles. The summed E-state index contributed by atoms with van der Waals surface area (Å²) >= 11 is 0. The predicted molar refractivity (Wildman–Crippen MR) is 90.5 cm³/mol. The number of ether oxygens (including phenoxy) is 2.